The molecule has 0 atom stereocenters. The number of hydrogen-bond donors (Lipinski definition) is 0. The van der Waals surface area contributed by atoms with Crippen LogP contribution in [0.4, 0.5) is 11.4 Å². The molecule has 2 aliphatic rings. The van der Waals surface area contributed by atoms with Gasteiger partial charge in [-0.2, -0.15) is 4.99 Å². The van der Waals surface area contributed by atoms with Gasteiger partial charge >= 0.3 is 0 Å². The van der Waals surface area contributed by atoms with E-state index in [0.717, 1.165) is 23.8 Å². The SMILES string of the molecule is O=C(N=C1N=C2C=CC(Cl)=CN2Cc2ccccc21)c1ccc([N+](=O)[O-])cc1[N+](=O)[O-]. The van der Waals surface area contributed by atoms with Crippen LogP contribution in [0.2, 0.25) is 0 Å². The molecule has 11 heteroatoms. The summed E-state index contributed by atoms with van der Waals surface area (Å²) in [7, 11) is 0. The number of carbonyl (C=O) groups excluding carboxylic acids is 1. The van der Waals surface area contributed by atoms with Crippen LogP contribution in [0, 0.1) is 20.2 Å². The summed E-state index contributed by atoms with van der Waals surface area (Å²) < 4.78 is 0. The van der Waals surface area contributed by atoms with Crippen LogP contribution in [-0.2, 0) is 6.54 Å². The number of nitrogens with zero attached hydrogens (tertiary/aromatic N) is 5. The minimum Gasteiger partial charge on any atom is -0.327 e. The quantitative estimate of drug-likeness (QED) is 0.527. The summed E-state index contributed by atoms with van der Waals surface area (Å²) in [5.41, 5.74) is -0.166. The Labute approximate surface area is 179 Å². The van der Waals surface area contributed by atoms with Crippen molar-refractivity contribution in [3.8, 4) is 0 Å². The van der Waals surface area contributed by atoms with Crippen molar-refractivity contribution < 1.29 is 14.6 Å². The highest BCUT2D eigenvalue weighted by Gasteiger charge is 2.26. The fourth-order valence-corrected chi connectivity index (χ4v) is 3.35. The van der Waals surface area contributed by atoms with Gasteiger partial charge in [-0.1, -0.05) is 35.9 Å². The van der Waals surface area contributed by atoms with Crippen molar-refractivity contribution >= 4 is 40.6 Å². The average molecular weight is 438 g/mol. The number of amidine groups is 2. The summed E-state index contributed by atoms with van der Waals surface area (Å²) in [6.45, 7) is 0.431. The Kier molecular flexibility index (Phi) is 5.14. The lowest BCUT2D eigenvalue weighted by molar-refractivity contribution is -0.394. The fourth-order valence-electron chi connectivity index (χ4n) is 3.17. The Hall–Kier alpha value is -4.18. The third kappa shape index (κ3) is 3.96. The van der Waals surface area contributed by atoms with E-state index >= 15 is 0 Å². The molecule has 0 fully saturated rings. The lowest BCUT2D eigenvalue weighted by atomic mass is 10.1. The van der Waals surface area contributed by atoms with E-state index in [9.17, 15) is 25.0 Å². The van der Waals surface area contributed by atoms with Gasteiger partial charge in [0, 0.05) is 24.4 Å². The van der Waals surface area contributed by atoms with Crippen LogP contribution >= 0.6 is 11.6 Å². The number of amides is 1. The molecular formula is C20H12ClN5O5. The maximum absolute atomic E-state index is 12.9. The normalized spacial score (nSPS) is 16.0. The highest BCUT2D eigenvalue weighted by Crippen LogP contribution is 2.27. The van der Waals surface area contributed by atoms with Crippen LogP contribution in [0.25, 0.3) is 0 Å². The number of allylic oxidation sites excluding steroid dienone is 2. The van der Waals surface area contributed by atoms with E-state index < -0.39 is 27.1 Å². The molecule has 2 heterocycles. The first-order valence-corrected chi connectivity index (χ1v) is 9.26. The van der Waals surface area contributed by atoms with Crippen molar-refractivity contribution in [1.29, 1.82) is 0 Å². The fraction of sp³-hybridized carbons (Fsp3) is 0.0500. The Morgan fingerprint density at radius 2 is 1.87 bits per heavy atom. The van der Waals surface area contributed by atoms with Gasteiger partial charge < -0.3 is 4.90 Å². The van der Waals surface area contributed by atoms with Crippen molar-refractivity contribution in [3.63, 3.8) is 0 Å². The Morgan fingerprint density at radius 1 is 1.10 bits per heavy atom. The van der Waals surface area contributed by atoms with Crippen molar-refractivity contribution in [3.05, 3.63) is 103 Å². The molecule has 4 rings (SSSR count). The largest absolute Gasteiger partial charge is 0.327 e. The number of carbonyl (C=O) groups is 1. The smallest absolute Gasteiger partial charge is 0.289 e. The van der Waals surface area contributed by atoms with Crippen LogP contribution in [0.3, 0.4) is 0 Å². The molecule has 0 aliphatic carbocycles. The second kappa shape index (κ2) is 7.92. The van der Waals surface area contributed by atoms with Gasteiger partial charge in [0.15, 0.2) is 5.84 Å². The van der Waals surface area contributed by atoms with Gasteiger partial charge in [0.05, 0.1) is 20.9 Å². The number of fused-ring (bicyclic) bond motifs is 2. The molecule has 154 valence electrons. The maximum Gasteiger partial charge on any atom is 0.289 e. The Morgan fingerprint density at radius 3 is 2.61 bits per heavy atom. The van der Waals surface area contributed by atoms with Gasteiger partial charge in [0.25, 0.3) is 17.3 Å². The lowest BCUT2D eigenvalue weighted by Crippen LogP contribution is -2.25. The molecule has 10 nitrogen and oxygen atoms in total. The summed E-state index contributed by atoms with van der Waals surface area (Å²) in [4.78, 5) is 43.8. The van der Waals surface area contributed by atoms with Crippen molar-refractivity contribution in [1.82, 2.24) is 4.90 Å². The van der Waals surface area contributed by atoms with E-state index in [1.807, 2.05) is 12.1 Å². The molecule has 0 unspecified atom stereocenters. The summed E-state index contributed by atoms with van der Waals surface area (Å²) in [6.07, 6.45) is 5.01. The molecule has 0 radical (unpaired) electrons. The number of aliphatic imine (C=N–C) groups is 2. The van der Waals surface area contributed by atoms with E-state index in [1.165, 1.54) is 0 Å². The zero-order valence-corrected chi connectivity index (χ0v) is 16.4. The van der Waals surface area contributed by atoms with E-state index in [-0.39, 0.29) is 11.4 Å². The first-order valence-electron chi connectivity index (χ1n) is 8.88. The molecular weight excluding hydrogens is 426 g/mol. The Bertz CT molecular complexity index is 1260. The number of rotatable bonds is 3. The van der Waals surface area contributed by atoms with E-state index in [1.54, 1.807) is 35.4 Å². The number of benzene rings is 2. The van der Waals surface area contributed by atoms with Crippen LogP contribution in [0.1, 0.15) is 21.5 Å². The van der Waals surface area contributed by atoms with Gasteiger partial charge in [-0.15, -0.1) is 0 Å². The lowest BCUT2D eigenvalue weighted by Gasteiger charge is -2.21. The minimum atomic E-state index is -0.933. The molecule has 0 saturated heterocycles. The van der Waals surface area contributed by atoms with Gasteiger partial charge in [0.1, 0.15) is 11.4 Å². The second-order valence-electron chi connectivity index (χ2n) is 6.56. The highest BCUT2D eigenvalue weighted by atomic mass is 35.5. The van der Waals surface area contributed by atoms with Gasteiger partial charge in [-0.25, -0.2) is 4.99 Å². The summed E-state index contributed by atoms with van der Waals surface area (Å²) in [5.74, 6) is -0.371. The van der Waals surface area contributed by atoms with E-state index in [2.05, 4.69) is 9.98 Å². The average Bonchev–Trinajstić information content (AvgIpc) is 2.89. The molecule has 0 N–H and O–H groups in total. The molecule has 2 aromatic carbocycles. The standard InChI is InChI=1S/C20H12ClN5O5/c21-13-5-8-18-22-19(15-4-2-1-3-12(15)10-24(18)11-13)23-20(27)16-7-6-14(25(28)29)9-17(16)26(30)31/h1-9,11H,10H2. The zero-order chi connectivity index (χ0) is 22.1. The molecule has 0 spiro atoms. The van der Waals surface area contributed by atoms with Gasteiger partial charge in [-0.05, 0) is 23.8 Å². The van der Waals surface area contributed by atoms with Crippen molar-refractivity contribution in [2.45, 2.75) is 6.54 Å². The monoisotopic (exact) mass is 437 g/mol. The highest BCUT2D eigenvalue weighted by molar-refractivity contribution is 6.32. The van der Waals surface area contributed by atoms with Gasteiger partial charge in [-0.3, -0.25) is 25.0 Å². The second-order valence-corrected chi connectivity index (χ2v) is 7.00. The number of halogens is 1. The Balaban J connectivity index is 1.83. The number of non-ortho nitro benzene ring substituents is 1. The third-order valence-electron chi connectivity index (χ3n) is 4.61. The van der Waals surface area contributed by atoms with Crippen LogP contribution in [-0.4, -0.2) is 32.3 Å². The van der Waals surface area contributed by atoms with Crippen LogP contribution in [0.15, 0.2) is 75.8 Å². The predicted molar refractivity (Wildman–Crippen MR) is 113 cm³/mol. The molecule has 2 aliphatic heterocycles. The van der Waals surface area contributed by atoms with Gasteiger partial charge in [0.2, 0.25) is 0 Å². The number of nitro groups is 2. The topological polar surface area (TPSA) is 131 Å². The van der Waals surface area contributed by atoms with Crippen LogP contribution < -0.4 is 0 Å². The first-order chi connectivity index (χ1) is 14.8. The van der Waals surface area contributed by atoms with Crippen molar-refractivity contribution in [2.75, 3.05) is 0 Å². The molecule has 2 aromatic rings. The number of nitro benzene ring substituents is 2. The molecule has 0 saturated carbocycles. The summed E-state index contributed by atoms with van der Waals surface area (Å²) in [5, 5.41) is 22.8. The summed E-state index contributed by atoms with van der Waals surface area (Å²) >= 11 is 6.08. The molecule has 1 amide bonds. The summed E-state index contributed by atoms with van der Waals surface area (Å²) in [6, 6.07) is 9.95. The molecule has 31 heavy (non-hydrogen) atoms. The first kappa shape index (κ1) is 20.1. The zero-order valence-electron chi connectivity index (χ0n) is 15.6. The molecule has 0 bridgehead atoms. The van der Waals surface area contributed by atoms with E-state index in [4.69, 9.17) is 11.6 Å². The van der Waals surface area contributed by atoms with Crippen molar-refractivity contribution in [2.24, 2.45) is 9.98 Å². The van der Waals surface area contributed by atoms with E-state index in [0.29, 0.717) is 23.0 Å². The van der Waals surface area contributed by atoms with Crippen LogP contribution in [0.5, 0.6) is 0 Å². The number of hydrogen-bond acceptors (Lipinski definition) is 6. The molecule has 0 aromatic heterocycles. The predicted octanol–water partition coefficient (Wildman–Crippen LogP) is 3.95. The maximum atomic E-state index is 12.9. The third-order valence-corrected chi connectivity index (χ3v) is 4.83. The minimum absolute atomic E-state index is 0.0711.